The maximum absolute atomic E-state index is 11.9. The van der Waals surface area contributed by atoms with Crippen molar-refractivity contribution in [3.8, 4) is 0 Å². The summed E-state index contributed by atoms with van der Waals surface area (Å²) in [5.74, 6) is -0.873. The van der Waals surface area contributed by atoms with E-state index < -0.39 is 11.9 Å². The molecule has 0 saturated heterocycles. The third-order valence-electron chi connectivity index (χ3n) is 3.06. The lowest BCUT2D eigenvalue weighted by Crippen LogP contribution is -2.40. The van der Waals surface area contributed by atoms with Crippen LogP contribution in [0, 0.1) is 5.92 Å². The third-order valence-corrected chi connectivity index (χ3v) is 3.39. The van der Waals surface area contributed by atoms with Gasteiger partial charge < -0.3 is 16.8 Å². The number of nitrogens with two attached hydrogens (primary N) is 2. The first kappa shape index (κ1) is 15.5. The molecule has 0 heterocycles. The lowest BCUT2D eigenvalue weighted by atomic mass is 9.99. The molecule has 5 N–H and O–H groups in total. The van der Waals surface area contributed by atoms with Crippen molar-refractivity contribution in [2.24, 2.45) is 17.4 Å². The highest BCUT2D eigenvalue weighted by atomic mass is 35.5. The Balaban J connectivity index is 2.86. The van der Waals surface area contributed by atoms with Crippen LogP contribution in [0.4, 0.5) is 5.69 Å². The van der Waals surface area contributed by atoms with Gasteiger partial charge in [-0.05, 0) is 24.1 Å². The van der Waals surface area contributed by atoms with Crippen molar-refractivity contribution in [2.75, 3.05) is 5.32 Å². The largest absolute Gasteiger partial charge is 0.366 e. The van der Waals surface area contributed by atoms with E-state index in [1.165, 1.54) is 12.1 Å². The summed E-state index contributed by atoms with van der Waals surface area (Å²) >= 11 is 5.82. The molecule has 0 saturated carbocycles. The summed E-state index contributed by atoms with van der Waals surface area (Å²) in [5.41, 5.74) is 11.6. The predicted octanol–water partition coefficient (Wildman–Crippen LogP) is 1.75. The number of rotatable bonds is 5. The molecule has 0 radical (unpaired) electrons. The summed E-state index contributed by atoms with van der Waals surface area (Å²) in [6, 6.07) is 3.94. The van der Waals surface area contributed by atoms with Gasteiger partial charge in [0.1, 0.15) is 0 Å². The predicted molar refractivity (Wildman–Crippen MR) is 76.0 cm³/mol. The summed E-state index contributed by atoms with van der Waals surface area (Å²) in [7, 11) is 0. The average Bonchev–Trinajstić information content (AvgIpc) is 2.38. The summed E-state index contributed by atoms with van der Waals surface area (Å²) in [4.78, 5) is 23.0. The molecule has 1 aromatic carbocycles. The SMILES string of the molecule is CCC(C)C(N)C(=O)Nc1ccc(Cl)c(C(N)=O)c1. The van der Waals surface area contributed by atoms with Crippen LogP contribution in [0.2, 0.25) is 5.02 Å². The average molecular weight is 284 g/mol. The molecule has 0 bridgehead atoms. The Labute approximate surface area is 117 Å². The molecule has 0 aliphatic heterocycles. The highest BCUT2D eigenvalue weighted by Crippen LogP contribution is 2.20. The van der Waals surface area contributed by atoms with E-state index in [9.17, 15) is 9.59 Å². The van der Waals surface area contributed by atoms with Gasteiger partial charge in [0.25, 0.3) is 0 Å². The summed E-state index contributed by atoms with van der Waals surface area (Å²) < 4.78 is 0. The summed E-state index contributed by atoms with van der Waals surface area (Å²) in [5, 5.41) is 2.90. The molecule has 0 aliphatic carbocycles. The minimum Gasteiger partial charge on any atom is -0.366 e. The van der Waals surface area contributed by atoms with Gasteiger partial charge in [-0.3, -0.25) is 9.59 Å². The smallest absolute Gasteiger partial charge is 0.250 e. The fourth-order valence-electron chi connectivity index (χ4n) is 1.53. The van der Waals surface area contributed by atoms with Crippen LogP contribution in [0.25, 0.3) is 0 Å². The van der Waals surface area contributed by atoms with Crippen LogP contribution in [0.1, 0.15) is 30.6 Å². The van der Waals surface area contributed by atoms with Crippen molar-refractivity contribution in [3.63, 3.8) is 0 Å². The van der Waals surface area contributed by atoms with E-state index in [-0.39, 0.29) is 22.4 Å². The Kier molecular flexibility index (Phi) is 5.32. The second-order valence-corrected chi connectivity index (χ2v) is 4.87. The number of hydrogen-bond acceptors (Lipinski definition) is 3. The zero-order valence-corrected chi connectivity index (χ0v) is 11.7. The number of hydrogen-bond donors (Lipinski definition) is 3. The molecule has 19 heavy (non-hydrogen) atoms. The Morgan fingerprint density at radius 2 is 2.05 bits per heavy atom. The molecule has 0 fully saturated rings. The van der Waals surface area contributed by atoms with Crippen molar-refractivity contribution < 1.29 is 9.59 Å². The van der Waals surface area contributed by atoms with Gasteiger partial charge >= 0.3 is 0 Å². The molecule has 2 atom stereocenters. The van der Waals surface area contributed by atoms with Gasteiger partial charge in [-0.1, -0.05) is 31.9 Å². The first-order valence-electron chi connectivity index (χ1n) is 6.02. The van der Waals surface area contributed by atoms with Gasteiger partial charge in [-0.15, -0.1) is 0 Å². The lowest BCUT2D eigenvalue weighted by molar-refractivity contribution is -0.118. The van der Waals surface area contributed by atoms with Crippen LogP contribution in [0.3, 0.4) is 0 Å². The number of carbonyl (C=O) groups excluding carboxylic acids is 2. The van der Waals surface area contributed by atoms with Crippen molar-refractivity contribution in [1.82, 2.24) is 0 Å². The molecule has 104 valence electrons. The normalized spacial score (nSPS) is 13.7. The minimum absolute atomic E-state index is 0.0721. The van der Waals surface area contributed by atoms with E-state index in [0.29, 0.717) is 5.69 Å². The monoisotopic (exact) mass is 283 g/mol. The Morgan fingerprint density at radius 3 is 2.58 bits per heavy atom. The summed E-state index contributed by atoms with van der Waals surface area (Å²) in [6.45, 7) is 3.87. The van der Waals surface area contributed by atoms with Gasteiger partial charge in [0.15, 0.2) is 0 Å². The van der Waals surface area contributed by atoms with E-state index in [0.717, 1.165) is 6.42 Å². The van der Waals surface area contributed by atoms with Crippen LogP contribution in [0.15, 0.2) is 18.2 Å². The van der Waals surface area contributed by atoms with Crippen LogP contribution in [-0.2, 0) is 4.79 Å². The van der Waals surface area contributed by atoms with Crippen molar-refractivity contribution in [3.05, 3.63) is 28.8 Å². The second kappa shape index (κ2) is 6.54. The first-order valence-corrected chi connectivity index (χ1v) is 6.40. The van der Waals surface area contributed by atoms with Gasteiger partial charge in [0.05, 0.1) is 16.6 Å². The van der Waals surface area contributed by atoms with Gasteiger partial charge in [-0.25, -0.2) is 0 Å². The first-order chi connectivity index (χ1) is 8.86. The van der Waals surface area contributed by atoms with Crippen molar-refractivity contribution >= 4 is 29.1 Å². The van der Waals surface area contributed by atoms with E-state index in [4.69, 9.17) is 23.1 Å². The zero-order chi connectivity index (χ0) is 14.6. The molecule has 1 rings (SSSR count). The number of benzene rings is 1. The van der Waals surface area contributed by atoms with E-state index >= 15 is 0 Å². The summed E-state index contributed by atoms with van der Waals surface area (Å²) in [6.07, 6.45) is 0.807. The van der Waals surface area contributed by atoms with E-state index in [1.54, 1.807) is 6.07 Å². The van der Waals surface area contributed by atoms with Gasteiger partial charge in [0, 0.05) is 5.69 Å². The fraction of sp³-hybridized carbons (Fsp3) is 0.385. The number of primary amides is 1. The van der Waals surface area contributed by atoms with Crippen molar-refractivity contribution in [1.29, 1.82) is 0 Å². The number of carbonyl (C=O) groups is 2. The second-order valence-electron chi connectivity index (χ2n) is 4.46. The lowest BCUT2D eigenvalue weighted by Gasteiger charge is -2.18. The number of anilines is 1. The fourth-order valence-corrected chi connectivity index (χ4v) is 1.74. The number of amides is 2. The minimum atomic E-state index is -0.646. The topological polar surface area (TPSA) is 98.2 Å². The highest BCUT2D eigenvalue weighted by molar-refractivity contribution is 6.34. The quantitative estimate of drug-likeness (QED) is 0.768. The standard InChI is InChI=1S/C13H18ClN3O2/c1-3-7(2)11(15)13(19)17-8-4-5-10(14)9(6-8)12(16)18/h4-7,11H,3,15H2,1-2H3,(H2,16,18)(H,17,19). The van der Waals surface area contributed by atoms with E-state index in [1.807, 2.05) is 13.8 Å². The Morgan fingerprint density at radius 1 is 1.42 bits per heavy atom. The number of halogens is 1. The molecule has 0 aromatic heterocycles. The maximum atomic E-state index is 11.9. The highest BCUT2D eigenvalue weighted by Gasteiger charge is 2.19. The maximum Gasteiger partial charge on any atom is 0.250 e. The molecule has 5 nitrogen and oxygen atoms in total. The molecule has 0 aliphatic rings. The Hall–Kier alpha value is -1.59. The molecule has 1 aromatic rings. The molecule has 0 spiro atoms. The van der Waals surface area contributed by atoms with Gasteiger partial charge in [-0.2, -0.15) is 0 Å². The van der Waals surface area contributed by atoms with Gasteiger partial charge in [0.2, 0.25) is 11.8 Å². The molecule has 2 unspecified atom stereocenters. The zero-order valence-electron chi connectivity index (χ0n) is 10.9. The van der Waals surface area contributed by atoms with Crippen LogP contribution in [0.5, 0.6) is 0 Å². The van der Waals surface area contributed by atoms with E-state index in [2.05, 4.69) is 5.32 Å². The molecule has 2 amide bonds. The molecular formula is C13H18ClN3O2. The number of nitrogens with one attached hydrogen (secondary N) is 1. The van der Waals surface area contributed by atoms with Crippen LogP contribution >= 0.6 is 11.6 Å². The Bertz CT molecular complexity index is 491. The molecule has 6 heteroatoms. The third kappa shape index (κ3) is 3.94. The van der Waals surface area contributed by atoms with Crippen LogP contribution < -0.4 is 16.8 Å². The van der Waals surface area contributed by atoms with Crippen LogP contribution in [-0.4, -0.2) is 17.9 Å². The molecular weight excluding hydrogens is 266 g/mol. The van der Waals surface area contributed by atoms with Crippen molar-refractivity contribution in [2.45, 2.75) is 26.3 Å².